The van der Waals surface area contributed by atoms with Crippen LogP contribution in [-0.2, 0) is 19.8 Å². The average Bonchev–Trinajstić information content (AvgIpc) is 2.62. The molecule has 0 aliphatic carbocycles. The Morgan fingerprint density at radius 2 is 1.95 bits per heavy atom. The molecule has 19 heavy (non-hydrogen) atoms. The van der Waals surface area contributed by atoms with Crippen LogP contribution < -0.4 is 11.4 Å². The fourth-order valence-electron chi connectivity index (χ4n) is 1.81. The van der Waals surface area contributed by atoms with Crippen molar-refractivity contribution in [2.45, 2.75) is 12.7 Å². The number of halogens is 3. The molecule has 0 fully saturated rings. The molecule has 1 heterocycles. The summed E-state index contributed by atoms with van der Waals surface area (Å²) in [7, 11) is 1.53. The summed E-state index contributed by atoms with van der Waals surface area (Å²) in [5.41, 5.74) is 4.24. The van der Waals surface area contributed by atoms with Crippen molar-refractivity contribution in [1.82, 2.24) is 9.13 Å². The van der Waals surface area contributed by atoms with Crippen LogP contribution in [0.1, 0.15) is 11.1 Å². The predicted octanol–water partition coefficient (Wildman–Crippen LogP) is 1.84. The molecule has 0 bridgehead atoms. The first-order valence-electron chi connectivity index (χ1n) is 5.46. The second-order valence-corrected chi connectivity index (χ2v) is 4.23. The molecule has 0 aliphatic rings. The number of nitrogens with two attached hydrogens (primary N) is 1. The van der Waals surface area contributed by atoms with Crippen molar-refractivity contribution in [1.29, 1.82) is 0 Å². The highest BCUT2D eigenvalue weighted by Gasteiger charge is 2.33. The van der Waals surface area contributed by atoms with Gasteiger partial charge in [0.05, 0.1) is 12.1 Å². The summed E-state index contributed by atoms with van der Waals surface area (Å²) < 4.78 is 41.2. The number of benzene rings is 1. The van der Waals surface area contributed by atoms with E-state index in [9.17, 15) is 18.0 Å². The third-order valence-corrected chi connectivity index (χ3v) is 2.80. The highest BCUT2D eigenvalue weighted by atomic mass is 19.4. The molecule has 0 aliphatic heterocycles. The summed E-state index contributed by atoms with van der Waals surface area (Å²) in [6.45, 7) is -0.144. The fraction of sp³-hybridized carbons (Fsp3) is 0.250. The summed E-state index contributed by atoms with van der Waals surface area (Å²) in [6, 6.07) is 3.56. The molecule has 7 heteroatoms. The minimum Gasteiger partial charge on any atom is -0.399 e. The zero-order chi connectivity index (χ0) is 14.2. The molecule has 0 saturated carbocycles. The number of hydrogen-bond acceptors (Lipinski definition) is 2. The molecule has 1 aromatic heterocycles. The van der Waals surface area contributed by atoms with Crippen LogP contribution in [0.2, 0.25) is 0 Å². The van der Waals surface area contributed by atoms with E-state index >= 15 is 0 Å². The van der Waals surface area contributed by atoms with Crippen LogP contribution in [0.5, 0.6) is 0 Å². The number of imidazole rings is 1. The van der Waals surface area contributed by atoms with Gasteiger partial charge in [-0.1, -0.05) is 6.07 Å². The Bertz CT molecular complexity index is 655. The van der Waals surface area contributed by atoms with Crippen LogP contribution in [-0.4, -0.2) is 9.13 Å². The van der Waals surface area contributed by atoms with Gasteiger partial charge in [0.2, 0.25) is 0 Å². The van der Waals surface area contributed by atoms with Gasteiger partial charge < -0.3 is 10.3 Å². The molecule has 0 saturated heterocycles. The first kappa shape index (κ1) is 13.3. The van der Waals surface area contributed by atoms with Crippen molar-refractivity contribution >= 4 is 5.69 Å². The number of aromatic nitrogens is 2. The lowest BCUT2D eigenvalue weighted by Gasteiger charge is -2.13. The van der Waals surface area contributed by atoms with Gasteiger partial charge in [-0.05, 0) is 17.7 Å². The van der Waals surface area contributed by atoms with E-state index in [0.717, 1.165) is 6.07 Å². The zero-order valence-electron chi connectivity index (χ0n) is 10.1. The molecule has 2 rings (SSSR count). The predicted molar refractivity (Wildman–Crippen MR) is 64.6 cm³/mol. The lowest BCUT2D eigenvalue weighted by Crippen LogP contribution is -2.23. The van der Waals surface area contributed by atoms with Gasteiger partial charge in [0, 0.05) is 25.1 Å². The molecule has 4 nitrogen and oxygen atoms in total. The lowest BCUT2D eigenvalue weighted by molar-refractivity contribution is -0.138. The Labute approximate surface area is 106 Å². The first-order valence-corrected chi connectivity index (χ1v) is 5.46. The van der Waals surface area contributed by atoms with Gasteiger partial charge in [-0.15, -0.1) is 0 Å². The summed E-state index contributed by atoms with van der Waals surface area (Å²) in [6.07, 6.45) is -1.56. The summed E-state index contributed by atoms with van der Waals surface area (Å²) in [5, 5.41) is 0. The Morgan fingerprint density at radius 1 is 1.26 bits per heavy atom. The Hall–Kier alpha value is -2.18. The number of rotatable bonds is 2. The Morgan fingerprint density at radius 3 is 2.47 bits per heavy atom. The number of alkyl halides is 3. The van der Waals surface area contributed by atoms with Crippen molar-refractivity contribution in [3.63, 3.8) is 0 Å². The maximum Gasteiger partial charge on any atom is 0.416 e. The van der Waals surface area contributed by atoms with E-state index in [2.05, 4.69) is 0 Å². The quantitative estimate of drug-likeness (QED) is 0.847. The van der Waals surface area contributed by atoms with Crippen molar-refractivity contribution in [2.75, 3.05) is 5.73 Å². The molecule has 0 spiro atoms. The van der Waals surface area contributed by atoms with Crippen molar-refractivity contribution in [3.8, 4) is 0 Å². The molecule has 0 unspecified atom stereocenters. The van der Waals surface area contributed by atoms with Gasteiger partial charge in [-0.3, -0.25) is 4.57 Å². The van der Waals surface area contributed by atoms with E-state index in [0.29, 0.717) is 0 Å². The molecular weight excluding hydrogens is 259 g/mol. The van der Waals surface area contributed by atoms with Crippen LogP contribution in [0.3, 0.4) is 0 Å². The van der Waals surface area contributed by atoms with E-state index in [-0.39, 0.29) is 23.5 Å². The maximum atomic E-state index is 12.9. The van der Waals surface area contributed by atoms with Gasteiger partial charge in [-0.2, -0.15) is 13.2 Å². The number of anilines is 1. The standard InChI is InChI=1S/C12H12F3N3O/c1-17-4-5-18(11(17)19)7-8-2-3-9(16)6-10(8)12(13,14)15/h2-6H,7,16H2,1H3. The van der Waals surface area contributed by atoms with Gasteiger partial charge in [0.1, 0.15) is 0 Å². The molecule has 2 aromatic rings. The van der Waals surface area contributed by atoms with E-state index < -0.39 is 11.7 Å². The second kappa shape index (κ2) is 4.49. The normalized spacial score (nSPS) is 11.8. The monoisotopic (exact) mass is 271 g/mol. The molecule has 0 amide bonds. The van der Waals surface area contributed by atoms with Crippen molar-refractivity contribution in [3.05, 3.63) is 52.2 Å². The zero-order valence-corrected chi connectivity index (χ0v) is 10.1. The minimum atomic E-state index is -4.50. The number of nitrogen functional groups attached to an aromatic ring is 1. The smallest absolute Gasteiger partial charge is 0.399 e. The summed E-state index contributed by atoms with van der Waals surface area (Å²) in [4.78, 5) is 11.6. The summed E-state index contributed by atoms with van der Waals surface area (Å²) in [5.74, 6) is 0. The Kier molecular flexibility index (Phi) is 3.13. The van der Waals surface area contributed by atoms with Crippen LogP contribution >= 0.6 is 0 Å². The number of hydrogen-bond donors (Lipinski definition) is 1. The van der Waals surface area contributed by atoms with Crippen LogP contribution in [0.4, 0.5) is 18.9 Å². The van der Waals surface area contributed by atoms with E-state index in [4.69, 9.17) is 5.73 Å². The first-order chi connectivity index (χ1) is 8.79. The molecule has 0 radical (unpaired) electrons. The molecule has 2 N–H and O–H groups in total. The van der Waals surface area contributed by atoms with Crippen LogP contribution in [0.15, 0.2) is 35.4 Å². The largest absolute Gasteiger partial charge is 0.416 e. The van der Waals surface area contributed by atoms with Gasteiger partial charge in [0.15, 0.2) is 0 Å². The molecule has 1 aromatic carbocycles. The van der Waals surface area contributed by atoms with Gasteiger partial charge >= 0.3 is 11.9 Å². The molecule has 102 valence electrons. The van der Waals surface area contributed by atoms with Gasteiger partial charge in [0.25, 0.3) is 0 Å². The molecule has 0 atom stereocenters. The third kappa shape index (κ3) is 2.64. The fourth-order valence-corrected chi connectivity index (χ4v) is 1.81. The van der Waals surface area contributed by atoms with Gasteiger partial charge in [-0.25, -0.2) is 4.79 Å². The van der Waals surface area contributed by atoms with E-state index in [1.165, 1.54) is 40.7 Å². The number of nitrogens with zero attached hydrogens (tertiary/aromatic N) is 2. The van der Waals surface area contributed by atoms with Crippen molar-refractivity contribution in [2.24, 2.45) is 7.05 Å². The SMILES string of the molecule is Cn1ccn(Cc2ccc(N)cc2C(F)(F)F)c1=O. The number of aryl methyl sites for hydroxylation is 1. The third-order valence-electron chi connectivity index (χ3n) is 2.80. The Balaban J connectivity index is 2.46. The van der Waals surface area contributed by atoms with E-state index in [1.807, 2.05) is 0 Å². The molecular formula is C12H12F3N3O. The maximum absolute atomic E-state index is 12.9. The van der Waals surface area contributed by atoms with E-state index in [1.54, 1.807) is 0 Å². The average molecular weight is 271 g/mol. The highest BCUT2D eigenvalue weighted by molar-refractivity contribution is 5.46. The lowest BCUT2D eigenvalue weighted by atomic mass is 10.1. The van der Waals surface area contributed by atoms with Crippen LogP contribution in [0, 0.1) is 0 Å². The highest BCUT2D eigenvalue weighted by Crippen LogP contribution is 2.33. The topological polar surface area (TPSA) is 52.9 Å². The van der Waals surface area contributed by atoms with Crippen LogP contribution in [0.25, 0.3) is 0 Å². The van der Waals surface area contributed by atoms with Crippen molar-refractivity contribution < 1.29 is 13.2 Å². The second-order valence-electron chi connectivity index (χ2n) is 4.23. The minimum absolute atomic E-state index is 0.00926. The summed E-state index contributed by atoms with van der Waals surface area (Å²) >= 11 is 0.